The van der Waals surface area contributed by atoms with Gasteiger partial charge in [-0.15, -0.1) is 0 Å². The van der Waals surface area contributed by atoms with E-state index in [1.54, 1.807) is 14.0 Å². The van der Waals surface area contributed by atoms with E-state index in [4.69, 9.17) is 0 Å². The summed E-state index contributed by atoms with van der Waals surface area (Å²) in [6.07, 6.45) is 4.82. The van der Waals surface area contributed by atoms with Crippen LogP contribution in [0.4, 0.5) is 4.79 Å². The van der Waals surface area contributed by atoms with E-state index in [9.17, 15) is 9.59 Å². The lowest BCUT2D eigenvalue weighted by molar-refractivity contribution is -0.130. The predicted molar refractivity (Wildman–Crippen MR) is 106 cm³/mol. The fourth-order valence-corrected chi connectivity index (χ4v) is 2.97. The maximum absolute atomic E-state index is 12.3. The number of nitrogens with zero attached hydrogens (tertiary/aromatic N) is 2. The topological polar surface area (TPSA) is 85.8 Å². The van der Waals surface area contributed by atoms with Crippen LogP contribution in [0.25, 0.3) is 0 Å². The van der Waals surface area contributed by atoms with Crippen LogP contribution in [0, 0.1) is 5.92 Å². The average molecular weight is 368 g/mol. The molecule has 150 valence electrons. The normalized spacial score (nSPS) is 22.0. The number of aliphatic imine (C=N–C) groups is 1. The molecule has 2 unspecified atom stereocenters. The Hall–Kier alpha value is -1.79. The third-order valence-electron chi connectivity index (χ3n) is 4.93. The minimum Gasteiger partial charge on any atom is -0.356 e. The lowest BCUT2D eigenvalue weighted by Gasteiger charge is -2.20. The van der Waals surface area contributed by atoms with Gasteiger partial charge in [0.1, 0.15) is 5.54 Å². The number of carbonyl (C=O) groups excluding carboxylic acids is 2. The highest BCUT2D eigenvalue weighted by atomic mass is 16.2. The van der Waals surface area contributed by atoms with Crippen molar-refractivity contribution in [3.05, 3.63) is 0 Å². The summed E-state index contributed by atoms with van der Waals surface area (Å²) in [7, 11) is 1.75. The number of imide groups is 1. The fourth-order valence-electron chi connectivity index (χ4n) is 2.97. The molecule has 1 rings (SSSR count). The lowest BCUT2D eigenvalue weighted by Crippen LogP contribution is -2.44. The molecule has 1 aliphatic rings. The summed E-state index contributed by atoms with van der Waals surface area (Å²) in [4.78, 5) is 29.9. The Labute approximate surface area is 158 Å². The molecule has 26 heavy (non-hydrogen) atoms. The van der Waals surface area contributed by atoms with Gasteiger partial charge in [0.15, 0.2) is 5.96 Å². The van der Waals surface area contributed by atoms with Crippen molar-refractivity contribution in [1.29, 1.82) is 0 Å². The van der Waals surface area contributed by atoms with Crippen molar-refractivity contribution in [3.63, 3.8) is 0 Å². The van der Waals surface area contributed by atoms with Gasteiger partial charge in [-0.3, -0.25) is 14.7 Å². The van der Waals surface area contributed by atoms with E-state index in [0.717, 1.165) is 18.3 Å². The van der Waals surface area contributed by atoms with Gasteiger partial charge in [0.2, 0.25) is 0 Å². The molecule has 0 saturated carbocycles. The van der Waals surface area contributed by atoms with Crippen molar-refractivity contribution in [1.82, 2.24) is 20.9 Å². The van der Waals surface area contributed by atoms with E-state index in [0.29, 0.717) is 32.0 Å². The van der Waals surface area contributed by atoms with Crippen molar-refractivity contribution in [2.45, 2.75) is 78.3 Å². The standard InChI is InChI=1S/C19H37N5O2/c1-7-19(5)16(25)24(18(26)23-19)13-9-12-21-17(20-6)22-15(4)11-8-10-14(2)3/h14-15H,7-13H2,1-6H3,(H,23,26)(H2,20,21,22). The molecule has 0 aromatic rings. The second-order valence-corrected chi connectivity index (χ2v) is 7.80. The van der Waals surface area contributed by atoms with Gasteiger partial charge in [-0.1, -0.05) is 33.6 Å². The zero-order valence-corrected chi connectivity index (χ0v) is 17.3. The third-order valence-corrected chi connectivity index (χ3v) is 4.93. The minimum atomic E-state index is -0.756. The maximum Gasteiger partial charge on any atom is 0.325 e. The summed E-state index contributed by atoms with van der Waals surface area (Å²) < 4.78 is 0. The van der Waals surface area contributed by atoms with Gasteiger partial charge >= 0.3 is 6.03 Å². The molecule has 0 bridgehead atoms. The van der Waals surface area contributed by atoms with Crippen molar-refractivity contribution < 1.29 is 9.59 Å². The molecule has 3 amide bonds. The van der Waals surface area contributed by atoms with E-state index in [1.165, 1.54) is 17.7 Å². The molecule has 0 aromatic carbocycles. The first-order chi connectivity index (χ1) is 12.2. The molecule has 1 fully saturated rings. The molecule has 2 atom stereocenters. The largest absolute Gasteiger partial charge is 0.356 e. The van der Waals surface area contributed by atoms with Crippen LogP contribution < -0.4 is 16.0 Å². The molecule has 3 N–H and O–H groups in total. The van der Waals surface area contributed by atoms with Gasteiger partial charge in [-0.05, 0) is 39.0 Å². The van der Waals surface area contributed by atoms with Gasteiger partial charge in [0, 0.05) is 26.2 Å². The monoisotopic (exact) mass is 367 g/mol. The Morgan fingerprint density at radius 1 is 1.23 bits per heavy atom. The first-order valence-electron chi connectivity index (χ1n) is 9.84. The van der Waals surface area contributed by atoms with Crippen LogP contribution in [0.15, 0.2) is 4.99 Å². The Kier molecular flexibility index (Phi) is 8.88. The Bertz CT molecular complexity index is 506. The van der Waals surface area contributed by atoms with Gasteiger partial charge in [0.25, 0.3) is 5.91 Å². The minimum absolute atomic E-state index is 0.133. The summed E-state index contributed by atoms with van der Waals surface area (Å²) in [5.41, 5.74) is -0.756. The number of urea groups is 1. The van der Waals surface area contributed by atoms with E-state index < -0.39 is 5.54 Å². The molecule has 0 aliphatic carbocycles. The van der Waals surface area contributed by atoms with Crippen LogP contribution >= 0.6 is 0 Å². The second kappa shape index (κ2) is 10.4. The van der Waals surface area contributed by atoms with E-state index in [2.05, 4.69) is 41.7 Å². The van der Waals surface area contributed by atoms with Crippen molar-refractivity contribution in [3.8, 4) is 0 Å². The summed E-state index contributed by atoms with van der Waals surface area (Å²) in [5, 5.41) is 9.42. The number of hydrogen-bond donors (Lipinski definition) is 3. The zero-order chi connectivity index (χ0) is 19.7. The van der Waals surface area contributed by atoms with E-state index in [-0.39, 0.29) is 11.9 Å². The van der Waals surface area contributed by atoms with E-state index >= 15 is 0 Å². The van der Waals surface area contributed by atoms with Crippen LogP contribution in [-0.2, 0) is 4.79 Å². The lowest BCUT2D eigenvalue weighted by atomic mass is 9.99. The number of rotatable bonds is 10. The average Bonchev–Trinajstić information content (AvgIpc) is 2.80. The molecule has 1 aliphatic heterocycles. The molecule has 7 heteroatoms. The number of hydrogen-bond acceptors (Lipinski definition) is 3. The molecule has 0 spiro atoms. The van der Waals surface area contributed by atoms with Gasteiger partial charge in [0.05, 0.1) is 0 Å². The predicted octanol–water partition coefficient (Wildman–Crippen LogP) is 2.48. The summed E-state index contributed by atoms with van der Waals surface area (Å²) >= 11 is 0. The first-order valence-corrected chi connectivity index (χ1v) is 9.84. The van der Waals surface area contributed by atoms with Crippen LogP contribution in [0.3, 0.4) is 0 Å². The highest BCUT2D eigenvalue weighted by molar-refractivity contribution is 6.06. The van der Waals surface area contributed by atoms with Crippen LogP contribution in [-0.4, -0.2) is 54.5 Å². The Morgan fingerprint density at radius 2 is 1.92 bits per heavy atom. The summed E-state index contributed by atoms with van der Waals surface area (Å²) in [5.74, 6) is 1.36. The molecule has 7 nitrogen and oxygen atoms in total. The zero-order valence-electron chi connectivity index (χ0n) is 17.3. The number of nitrogens with one attached hydrogen (secondary N) is 3. The van der Waals surface area contributed by atoms with Crippen molar-refractivity contribution in [2.24, 2.45) is 10.9 Å². The van der Waals surface area contributed by atoms with Crippen LogP contribution in [0.2, 0.25) is 0 Å². The van der Waals surface area contributed by atoms with Gasteiger partial charge in [-0.2, -0.15) is 0 Å². The Balaban J connectivity index is 2.31. The molecule has 1 heterocycles. The second-order valence-electron chi connectivity index (χ2n) is 7.80. The molecule has 1 saturated heterocycles. The number of carbonyl (C=O) groups is 2. The fraction of sp³-hybridized carbons (Fsp3) is 0.842. The van der Waals surface area contributed by atoms with E-state index in [1.807, 2.05) is 6.92 Å². The number of guanidine groups is 1. The van der Waals surface area contributed by atoms with Crippen LogP contribution in [0.5, 0.6) is 0 Å². The van der Waals surface area contributed by atoms with Crippen molar-refractivity contribution in [2.75, 3.05) is 20.1 Å². The molecule has 0 aromatic heterocycles. The maximum atomic E-state index is 12.3. The third kappa shape index (κ3) is 6.50. The first kappa shape index (κ1) is 22.3. The Morgan fingerprint density at radius 3 is 2.46 bits per heavy atom. The molecular weight excluding hydrogens is 330 g/mol. The quantitative estimate of drug-likeness (QED) is 0.240. The smallest absolute Gasteiger partial charge is 0.325 e. The molecule has 0 radical (unpaired) electrons. The summed E-state index contributed by atoms with van der Waals surface area (Å²) in [6.45, 7) is 11.4. The SMILES string of the molecule is CCC1(C)NC(=O)N(CCCNC(=NC)NC(C)CCCC(C)C)C1=O. The van der Waals surface area contributed by atoms with Crippen LogP contribution in [0.1, 0.15) is 66.7 Å². The van der Waals surface area contributed by atoms with Gasteiger partial charge in [-0.25, -0.2) is 4.79 Å². The summed E-state index contributed by atoms with van der Waals surface area (Å²) in [6, 6.07) is 0.0665. The number of amides is 3. The van der Waals surface area contributed by atoms with Gasteiger partial charge < -0.3 is 16.0 Å². The van der Waals surface area contributed by atoms with Crippen molar-refractivity contribution >= 4 is 17.9 Å². The highest BCUT2D eigenvalue weighted by Crippen LogP contribution is 2.20. The highest BCUT2D eigenvalue weighted by Gasteiger charge is 2.45. The molecular formula is C19H37N5O2.